The second-order valence-corrected chi connectivity index (χ2v) is 7.27. The minimum Gasteiger partial charge on any atom is -0.369 e. The molecule has 20 heavy (non-hydrogen) atoms. The lowest BCUT2D eigenvalue weighted by atomic mass is 9.93. The van der Waals surface area contributed by atoms with E-state index in [-0.39, 0.29) is 11.5 Å². The van der Waals surface area contributed by atoms with E-state index in [4.69, 9.17) is 5.26 Å². The molecule has 1 aromatic carbocycles. The van der Waals surface area contributed by atoms with Crippen LogP contribution in [0.4, 0.5) is 5.69 Å². The summed E-state index contributed by atoms with van der Waals surface area (Å²) < 4.78 is 1.14. The van der Waals surface area contributed by atoms with Gasteiger partial charge in [0, 0.05) is 35.8 Å². The van der Waals surface area contributed by atoms with E-state index in [2.05, 4.69) is 71.2 Å². The summed E-state index contributed by atoms with van der Waals surface area (Å²) in [4.78, 5) is 2.40. The van der Waals surface area contributed by atoms with E-state index in [1.807, 2.05) is 0 Å². The first kappa shape index (κ1) is 15.3. The Labute approximate surface area is 130 Å². The third kappa shape index (κ3) is 3.74. The molecular formula is C16H22BrN3. The van der Waals surface area contributed by atoms with Gasteiger partial charge in [-0.25, -0.2) is 0 Å². The summed E-state index contributed by atoms with van der Waals surface area (Å²) in [5.74, 6) is 0. The fourth-order valence-electron chi connectivity index (χ4n) is 2.61. The van der Waals surface area contributed by atoms with Gasteiger partial charge in [0.15, 0.2) is 0 Å². The Morgan fingerprint density at radius 3 is 2.90 bits per heavy atom. The predicted molar refractivity (Wildman–Crippen MR) is 86.9 cm³/mol. The summed E-state index contributed by atoms with van der Waals surface area (Å²) in [6.07, 6.45) is 0.555. The maximum Gasteiger partial charge on any atom is 0.0638 e. The van der Waals surface area contributed by atoms with Crippen molar-refractivity contribution in [3.05, 3.63) is 28.2 Å². The molecule has 1 fully saturated rings. The molecule has 3 nitrogen and oxygen atoms in total. The van der Waals surface area contributed by atoms with Gasteiger partial charge in [0.25, 0.3) is 0 Å². The molecule has 1 aromatic rings. The maximum atomic E-state index is 8.96. The summed E-state index contributed by atoms with van der Waals surface area (Å²) in [7, 11) is 0. The first-order chi connectivity index (χ1) is 9.41. The fourth-order valence-corrected chi connectivity index (χ4v) is 2.98. The molecule has 1 aliphatic rings. The highest BCUT2D eigenvalue weighted by molar-refractivity contribution is 9.10. The van der Waals surface area contributed by atoms with Crippen LogP contribution in [0.15, 0.2) is 22.7 Å². The van der Waals surface area contributed by atoms with Gasteiger partial charge in [-0.1, -0.05) is 35.8 Å². The van der Waals surface area contributed by atoms with Gasteiger partial charge in [-0.3, -0.25) is 0 Å². The molecule has 0 aromatic heterocycles. The molecule has 0 amide bonds. The highest BCUT2D eigenvalue weighted by Gasteiger charge is 2.28. The smallest absolute Gasteiger partial charge is 0.0638 e. The highest BCUT2D eigenvalue weighted by Crippen LogP contribution is 2.28. The van der Waals surface area contributed by atoms with Crippen LogP contribution in [-0.4, -0.2) is 25.7 Å². The van der Waals surface area contributed by atoms with Crippen molar-refractivity contribution in [2.24, 2.45) is 5.41 Å². The molecule has 0 aliphatic carbocycles. The van der Waals surface area contributed by atoms with Crippen molar-refractivity contribution in [1.82, 2.24) is 5.32 Å². The molecule has 4 heteroatoms. The Morgan fingerprint density at radius 1 is 1.50 bits per heavy atom. The van der Waals surface area contributed by atoms with Crippen LogP contribution >= 0.6 is 15.9 Å². The average molecular weight is 336 g/mol. The molecule has 2 rings (SSSR count). The van der Waals surface area contributed by atoms with E-state index in [0.29, 0.717) is 6.42 Å². The van der Waals surface area contributed by atoms with Crippen LogP contribution < -0.4 is 10.2 Å². The molecule has 0 spiro atoms. The van der Waals surface area contributed by atoms with Gasteiger partial charge in [0.1, 0.15) is 0 Å². The average Bonchev–Trinajstić information content (AvgIpc) is 2.52. The number of halogens is 1. The third-order valence-corrected chi connectivity index (χ3v) is 4.64. The third-order valence-electron chi connectivity index (χ3n) is 3.79. The van der Waals surface area contributed by atoms with E-state index < -0.39 is 0 Å². The Balaban J connectivity index is 2.26. The van der Waals surface area contributed by atoms with E-state index in [9.17, 15) is 0 Å². The zero-order valence-electron chi connectivity index (χ0n) is 12.4. The van der Waals surface area contributed by atoms with Crippen LogP contribution in [0.25, 0.3) is 0 Å². The zero-order chi connectivity index (χ0) is 14.8. The van der Waals surface area contributed by atoms with Gasteiger partial charge in [-0.15, -0.1) is 0 Å². The number of rotatable bonds is 2. The predicted octanol–water partition coefficient (Wildman–Crippen LogP) is 3.48. The van der Waals surface area contributed by atoms with Crippen molar-refractivity contribution in [3.8, 4) is 6.07 Å². The SMILES string of the molecule is Cc1ccc(N2CC(CC#N)NCC(C)(C)C2)cc1Br. The van der Waals surface area contributed by atoms with Crippen molar-refractivity contribution in [1.29, 1.82) is 5.26 Å². The molecule has 1 saturated heterocycles. The largest absolute Gasteiger partial charge is 0.369 e. The lowest BCUT2D eigenvalue weighted by Crippen LogP contribution is -2.37. The lowest BCUT2D eigenvalue weighted by Gasteiger charge is -2.31. The van der Waals surface area contributed by atoms with Gasteiger partial charge in [-0.05, 0) is 30.0 Å². The molecule has 0 bridgehead atoms. The molecule has 1 unspecified atom stereocenters. The van der Waals surface area contributed by atoms with Crippen LogP contribution in [0.1, 0.15) is 25.8 Å². The standard InChI is InChI=1S/C16H22BrN3/c1-12-4-5-14(8-15(12)17)20-9-13(6-7-18)19-10-16(2,3)11-20/h4-5,8,13,19H,6,9-11H2,1-3H3. The maximum absolute atomic E-state index is 8.96. The minimum atomic E-state index is 0.196. The van der Waals surface area contributed by atoms with Crippen LogP contribution in [-0.2, 0) is 0 Å². The molecule has 0 radical (unpaired) electrons. The summed E-state index contributed by atoms with van der Waals surface area (Å²) >= 11 is 3.61. The van der Waals surface area contributed by atoms with E-state index >= 15 is 0 Å². The lowest BCUT2D eigenvalue weighted by molar-refractivity contribution is 0.360. The first-order valence-corrected chi connectivity index (χ1v) is 7.82. The van der Waals surface area contributed by atoms with Crippen LogP contribution in [0, 0.1) is 23.7 Å². The van der Waals surface area contributed by atoms with Crippen molar-refractivity contribution in [2.75, 3.05) is 24.5 Å². The van der Waals surface area contributed by atoms with Crippen molar-refractivity contribution in [3.63, 3.8) is 0 Å². The summed E-state index contributed by atoms with van der Waals surface area (Å²) in [6.45, 7) is 9.46. The van der Waals surface area contributed by atoms with Gasteiger partial charge in [0.05, 0.1) is 12.5 Å². The Kier molecular flexibility index (Phi) is 4.72. The van der Waals surface area contributed by atoms with Crippen molar-refractivity contribution in [2.45, 2.75) is 33.2 Å². The van der Waals surface area contributed by atoms with Crippen molar-refractivity contribution >= 4 is 21.6 Å². The number of benzene rings is 1. The van der Waals surface area contributed by atoms with Gasteiger partial charge >= 0.3 is 0 Å². The molecule has 108 valence electrons. The Bertz CT molecular complexity index is 519. The number of nitrogens with zero attached hydrogens (tertiary/aromatic N) is 2. The molecule has 1 aliphatic heterocycles. The molecule has 0 saturated carbocycles. The van der Waals surface area contributed by atoms with E-state index in [1.54, 1.807) is 0 Å². The quantitative estimate of drug-likeness (QED) is 0.899. The Hall–Kier alpha value is -1.05. The second-order valence-electron chi connectivity index (χ2n) is 6.42. The molecule has 1 N–H and O–H groups in total. The van der Waals surface area contributed by atoms with E-state index in [1.165, 1.54) is 11.3 Å². The summed E-state index contributed by atoms with van der Waals surface area (Å²) in [6, 6.07) is 9.02. The second kappa shape index (κ2) is 6.15. The summed E-state index contributed by atoms with van der Waals surface area (Å²) in [5.41, 5.74) is 2.67. The zero-order valence-corrected chi connectivity index (χ0v) is 14.0. The molecular weight excluding hydrogens is 314 g/mol. The first-order valence-electron chi connectivity index (χ1n) is 7.03. The van der Waals surface area contributed by atoms with Gasteiger partial charge in [-0.2, -0.15) is 5.26 Å². The Morgan fingerprint density at radius 2 is 2.25 bits per heavy atom. The number of aryl methyl sites for hydroxylation is 1. The molecule has 1 heterocycles. The monoisotopic (exact) mass is 335 g/mol. The van der Waals surface area contributed by atoms with Gasteiger partial charge < -0.3 is 10.2 Å². The fraction of sp³-hybridized carbons (Fsp3) is 0.562. The topological polar surface area (TPSA) is 39.1 Å². The molecule has 1 atom stereocenters. The number of hydrogen-bond donors (Lipinski definition) is 1. The number of nitriles is 1. The number of anilines is 1. The van der Waals surface area contributed by atoms with Crippen LogP contribution in [0.5, 0.6) is 0 Å². The normalized spacial score (nSPS) is 22.1. The van der Waals surface area contributed by atoms with Crippen molar-refractivity contribution < 1.29 is 0 Å². The number of hydrogen-bond acceptors (Lipinski definition) is 3. The number of nitrogens with one attached hydrogen (secondary N) is 1. The van der Waals surface area contributed by atoms with Crippen LogP contribution in [0.3, 0.4) is 0 Å². The minimum absolute atomic E-state index is 0.196. The highest BCUT2D eigenvalue weighted by atomic mass is 79.9. The van der Waals surface area contributed by atoms with Gasteiger partial charge in [0.2, 0.25) is 0 Å². The van der Waals surface area contributed by atoms with Crippen LogP contribution in [0.2, 0.25) is 0 Å². The van der Waals surface area contributed by atoms with E-state index in [0.717, 1.165) is 24.1 Å². The summed E-state index contributed by atoms with van der Waals surface area (Å²) in [5, 5.41) is 12.5.